The van der Waals surface area contributed by atoms with Crippen molar-refractivity contribution in [2.45, 2.75) is 39.3 Å². The first-order valence-electron chi connectivity index (χ1n) is 10.8. The molecule has 2 N–H and O–H groups in total. The number of anilines is 1. The summed E-state index contributed by atoms with van der Waals surface area (Å²) in [7, 11) is 1.72. The summed E-state index contributed by atoms with van der Waals surface area (Å²) in [6.45, 7) is 12.4. The molecule has 5 nitrogen and oxygen atoms in total. The molecule has 162 valence electrons. The Labute approximate surface area is 179 Å². The Hall–Kier alpha value is -2.24. The van der Waals surface area contributed by atoms with Crippen LogP contribution in [0.25, 0.3) is 0 Å². The molecule has 5 heteroatoms. The van der Waals surface area contributed by atoms with E-state index >= 15 is 0 Å². The van der Waals surface area contributed by atoms with Crippen molar-refractivity contribution < 1.29 is 14.9 Å². The van der Waals surface area contributed by atoms with Gasteiger partial charge < -0.3 is 19.8 Å². The summed E-state index contributed by atoms with van der Waals surface area (Å²) in [6, 6.07) is 15.5. The lowest BCUT2D eigenvalue weighted by atomic mass is 9.39. The van der Waals surface area contributed by atoms with Gasteiger partial charge in [-0.15, -0.1) is 0 Å². The van der Waals surface area contributed by atoms with Crippen molar-refractivity contribution in [2.75, 3.05) is 38.2 Å². The maximum atomic E-state index is 11.9. The van der Waals surface area contributed by atoms with Crippen molar-refractivity contribution in [1.29, 1.82) is 0 Å². The van der Waals surface area contributed by atoms with Gasteiger partial charge in [-0.1, -0.05) is 52.0 Å². The summed E-state index contributed by atoms with van der Waals surface area (Å²) in [5, 5.41) is 21.6. The van der Waals surface area contributed by atoms with Crippen molar-refractivity contribution in [2.24, 2.45) is 10.8 Å². The summed E-state index contributed by atoms with van der Waals surface area (Å²) in [4.78, 5) is 4.93. The van der Waals surface area contributed by atoms with Gasteiger partial charge in [-0.2, -0.15) is 0 Å². The molecule has 1 saturated heterocycles. The maximum Gasteiger partial charge on any atom is 0.142 e. The Bertz CT molecular complexity index is 883. The smallest absolute Gasteiger partial charge is 0.142 e. The molecular weight excluding hydrogens is 376 g/mol. The second-order valence-electron chi connectivity index (χ2n) is 9.80. The number of hydrogen-bond donors (Lipinski definition) is 2. The van der Waals surface area contributed by atoms with Crippen LogP contribution >= 0.6 is 0 Å². The van der Waals surface area contributed by atoms with Gasteiger partial charge in [0.1, 0.15) is 17.1 Å². The fraction of sp³-hybridized carbons (Fsp3) is 0.520. The topological polar surface area (TPSA) is 56.2 Å². The van der Waals surface area contributed by atoms with E-state index in [4.69, 9.17) is 4.74 Å². The normalized spacial score (nSPS) is 28.1. The third kappa shape index (κ3) is 2.83. The number of piperazine rings is 1. The zero-order valence-corrected chi connectivity index (χ0v) is 18.7. The maximum absolute atomic E-state index is 11.9. The monoisotopic (exact) mass is 410 g/mol. The van der Waals surface area contributed by atoms with E-state index in [0.717, 1.165) is 43.2 Å². The number of nitrogens with zero attached hydrogens (tertiary/aromatic N) is 2. The van der Waals surface area contributed by atoms with Gasteiger partial charge in [-0.3, -0.25) is 4.90 Å². The number of rotatable bonds is 4. The fourth-order valence-electron chi connectivity index (χ4n) is 6.52. The zero-order chi connectivity index (χ0) is 21.7. The van der Waals surface area contributed by atoms with Gasteiger partial charge in [0, 0.05) is 43.1 Å². The minimum Gasteiger partial charge on any atom is -0.508 e. The molecule has 2 aliphatic rings. The molecule has 0 spiro atoms. The summed E-state index contributed by atoms with van der Waals surface area (Å²) in [5.74, 6) is 1.14. The van der Waals surface area contributed by atoms with Gasteiger partial charge in [0.25, 0.3) is 0 Å². The highest BCUT2D eigenvalue weighted by atomic mass is 16.5. The molecule has 4 rings (SSSR count). The second-order valence-corrected chi connectivity index (χ2v) is 9.80. The van der Waals surface area contributed by atoms with E-state index < -0.39 is 5.60 Å². The molecule has 0 aromatic heterocycles. The highest BCUT2D eigenvalue weighted by molar-refractivity contribution is 5.58. The number of phenolic OH excluding ortho intramolecular Hbond substituents is 1. The lowest BCUT2D eigenvalue weighted by molar-refractivity contribution is -0.307. The van der Waals surface area contributed by atoms with Gasteiger partial charge in [-0.05, 0) is 29.8 Å². The van der Waals surface area contributed by atoms with Crippen LogP contribution < -0.4 is 9.64 Å². The molecular formula is C25H34N2O3. The van der Waals surface area contributed by atoms with Gasteiger partial charge in [0.2, 0.25) is 0 Å². The first kappa shape index (κ1) is 21.0. The number of methoxy groups -OCH3 is 1. The average Bonchev–Trinajstić information content (AvgIpc) is 2.73. The average molecular weight is 411 g/mol. The number of para-hydroxylation sites is 2. The van der Waals surface area contributed by atoms with Crippen LogP contribution in [0.3, 0.4) is 0 Å². The van der Waals surface area contributed by atoms with Crippen molar-refractivity contribution >= 4 is 5.69 Å². The molecule has 0 bridgehead atoms. The highest BCUT2D eigenvalue weighted by Crippen LogP contribution is 2.68. The quantitative estimate of drug-likeness (QED) is 0.802. The highest BCUT2D eigenvalue weighted by Gasteiger charge is 2.73. The molecule has 0 unspecified atom stereocenters. The predicted molar refractivity (Wildman–Crippen MR) is 120 cm³/mol. The first-order chi connectivity index (χ1) is 14.1. The second kappa shape index (κ2) is 7.17. The predicted octanol–water partition coefficient (Wildman–Crippen LogP) is 3.85. The molecule has 30 heavy (non-hydrogen) atoms. The van der Waals surface area contributed by atoms with Crippen LogP contribution in [-0.4, -0.2) is 54.4 Å². The minimum atomic E-state index is -0.960. The van der Waals surface area contributed by atoms with E-state index in [9.17, 15) is 10.2 Å². The fourth-order valence-corrected chi connectivity index (χ4v) is 6.52. The third-order valence-corrected chi connectivity index (χ3v) is 7.62. The minimum absolute atomic E-state index is 0.223. The van der Waals surface area contributed by atoms with Crippen LogP contribution in [-0.2, 0) is 5.60 Å². The van der Waals surface area contributed by atoms with Crippen LogP contribution in [0.4, 0.5) is 5.69 Å². The molecule has 1 aliphatic carbocycles. The van der Waals surface area contributed by atoms with E-state index in [-0.39, 0.29) is 22.6 Å². The van der Waals surface area contributed by atoms with Crippen LogP contribution in [0.15, 0.2) is 48.5 Å². The van der Waals surface area contributed by atoms with Gasteiger partial charge in [0.05, 0.1) is 12.8 Å². The van der Waals surface area contributed by atoms with Gasteiger partial charge in [0.15, 0.2) is 0 Å². The van der Waals surface area contributed by atoms with Gasteiger partial charge >= 0.3 is 0 Å². The Balaban J connectivity index is 1.54. The molecule has 1 saturated carbocycles. The van der Waals surface area contributed by atoms with E-state index in [1.165, 1.54) is 0 Å². The Morgan fingerprint density at radius 3 is 2.00 bits per heavy atom. The largest absolute Gasteiger partial charge is 0.508 e. The molecule has 0 radical (unpaired) electrons. The Morgan fingerprint density at radius 2 is 1.43 bits per heavy atom. The van der Waals surface area contributed by atoms with E-state index in [2.05, 4.69) is 49.6 Å². The molecule has 0 amide bonds. The first-order valence-corrected chi connectivity index (χ1v) is 10.8. The Kier molecular flexibility index (Phi) is 5.02. The number of aliphatic hydroxyl groups is 1. The van der Waals surface area contributed by atoms with Crippen LogP contribution in [0, 0.1) is 10.8 Å². The van der Waals surface area contributed by atoms with Gasteiger partial charge in [-0.25, -0.2) is 0 Å². The SMILES string of the molecule is COc1ccccc1N1CCN(C2C(C)(C)C(O)(c3ccc(O)cc3)C2(C)C)CC1. The summed E-state index contributed by atoms with van der Waals surface area (Å²) < 4.78 is 5.55. The van der Waals surface area contributed by atoms with Crippen LogP contribution in [0.2, 0.25) is 0 Å². The van der Waals surface area contributed by atoms with Crippen LogP contribution in [0.1, 0.15) is 33.3 Å². The lowest BCUT2D eigenvalue weighted by Crippen LogP contribution is -2.79. The third-order valence-electron chi connectivity index (χ3n) is 7.62. The number of phenols is 1. The summed E-state index contributed by atoms with van der Waals surface area (Å²) >= 11 is 0. The van der Waals surface area contributed by atoms with Crippen LogP contribution in [0.5, 0.6) is 11.5 Å². The number of aromatic hydroxyl groups is 1. The van der Waals surface area contributed by atoms with Crippen molar-refractivity contribution in [3.63, 3.8) is 0 Å². The molecule has 1 heterocycles. The summed E-state index contributed by atoms with van der Waals surface area (Å²) in [5.41, 5.74) is 0.421. The molecule has 2 aromatic carbocycles. The number of hydrogen-bond acceptors (Lipinski definition) is 5. The molecule has 2 fully saturated rings. The molecule has 2 aromatic rings. The van der Waals surface area contributed by atoms with Crippen molar-refractivity contribution in [3.05, 3.63) is 54.1 Å². The number of ether oxygens (including phenoxy) is 1. The Morgan fingerprint density at radius 1 is 0.867 bits per heavy atom. The molecule has 1 aliphatic heterocycles. The van der Waals surface area contributed by atoms with E-state index in [1.807, 2.05) is 24.3 Å². The summed E-state index contributed by atoms with van der Waals surface area (Å²) in [6.07, 6.45) is 0. The van der Waals surface area contributed by atoms with E-state index in [0.29, 0.717) is 0 Å². The lowest BCUT2D eigenvalue weighted by Gasteiger charge is -2.72. The standard InChI is InChI=1S/C25H34N2O3/c1-23(2)22(24(3,4)25(23,29)18-10-12-19(28)13-11-18)27-16-14-26(15-17-27)20-8-6-7-9-21(20)30-5/h6-13,22,28-29H,14-17H2,1-5H3. The number of benzene rings is 2. The zero-order valence-electron chi connectivity index (χ0n) is 18.7. The van der Waals surface area contributed by atoms with Crippen molar-refractivity contribution in [1.82, 2.24) is 4.90 Å². The van der Waals surface area contributed by atoms with E-state index in [1.54, 1.807) is 19.2 Å². The molecule has 0 atom stereocenters. The van der Waals surface area contributed by atoms with Crippen molar-refractivity contribution in [3.8, 4) is 11.5 Å².